The number of unbranched alkanes of at least 4 members (excludes halogenated alkanes) is 6. The van der Waals surface area contributed by atoms with Crippen LogP contribution in [0.15, 0.2) is 42.5 Å². The van der Waals surface area contributed by atoms with Crippen molar-refractivity contribution in [2.75, 3.05) is 19.6 Å². The maximum absolute atomic E-state index is 13.8. The van der Waals surface area contributed by atoms with Crippen LogP contribution in [-0.2, 0) is 21.6 Å². The standard InChI is InChI=1S/C33H45ClFNO3.ClH/c1-3-5-6-7-8-9-10-13-32(38)39-33(28-15-17-29(34)18-16-28)20-23-36(24-21-33)22-11-12-31(37)27-14-19-30(35)26(4-2)25-27;/h14-19,25H,3-13,20-24H2,1-2H3;1H. The van der Waals surface area contributed by atoms with E-state index < -0.39 is 5.60 Å². The van der Waals surface area contributed by atoms with E-state index >= 15 is 0 Å². The topological polar surface area (TPSA) is 46.6 Å². The van der Waals surface area contributed by atoms with Crippen LogP contribution >= 0.6 is 24.0 Å². The molecule has 1 aliphatic heterocycles. The van der Waals surface area contributed by atoms with Gasteiger partial charge in [0.15, 0.2) is 5.78 Å². The molecule has 3 rings (SSSR count). The highest BCUT2D eigenvalue weighted by molar-refractivity contribution is 6.30. The van der Waals surface area contributed by atoms with Crippen molar-refractivity contribution >= 4 is 35.8 Å². The average Bonchev–Trinajstić information content (AvgIpc) is 2.94. The molecule has 0 saturated carbocycles. The predicted octanol–water partition coefficient (Wildman–Crippen LogP) is 9.10. The number of nitrogens with zero attached hydrogens (tertiary/aromatic N) is 1. The van der Waals surface area contributed by atoms with E-state index in [0.29, 0.717) is 48.3 Å². The van der Waals surface area contributed by atoms with Crippen LogP contribution in [0.1, 0.15) is 112 Å². The maximum atomic E-state index is 13.8. The van der Waals surface area contributed by atoms with Crippen molar-refractivity contribution in [3.05, 3.63) is 70.0 Å². The maximum Gasteiger partial charge on any atom is 0.306 e. The number of ketones is 1. The van der Waals surface area contributed by atoms with Crippen LogP contribution in [0.4, 0.5) is 4.39 Å². The number of Topliss-reactive ketones (excluding diaryl/α,β-unsaturated/α-hetero) is 1. The Morgan fingerprint density at radius 3 is 2.20 bits per heavy atom. The monoisotopic (exact) mass is 593 g/mol. The van der Waals surface area contributed by atoms with Crippen molar-refractivity contribution in [1.82, 2.24) is 4.90 Å². The van der Waals surface area contributed by atoms with Crippen molar-refractivity contribution in [1.29, 1.82) is 0 Å². The highest BCUT2D eigenvalue weighted by atomic mass is 35.5. The number of rotatable bonds is 16. The lowest BCUT2D eigenvalue weighted by molar-refractivity contribution is -0.167. The summed E-state index contributed by atoms with van der Waals surface area (Å²) in [5, 5.41) is 0.664. The summed E-state index contributed by atoms with van der Waals surface area (Å²) in [5.41, 5.74) is 1.52. The third-order valence-corrected chi connectivity index (χ3v) is 8.21. The Balaban J connectivity index is 0.00000560. The van der Waals surface area contributed by atoms with Gasteiger partial charge in [0.25, 0.3) is 0 Å². The molecule has 2 aromatic rings. The van der Waals surface area contributed by atoms with Crippen molar-refractivity contribution in [2.45, 2.75) is 103 Å². The average molecular weight is 595 g/mol. The predicted molar refractivity (Wildman–Crippen MR) is 164 cm³/mol. The molecule has 1 aliphatic rings. The van der Waals surface area contributed by atoms with Crippen LogP contribution in [0.25, 0.3) is 0 Å². The molecule has 0 radical (unpaired) electrons. The molecule has 0 amide bonds. The van der Waals surface area contributed by atoms with Crippen molar-refractivity contribution in [2.24, 2.45) is 0 Å². The molecule has 0 aromatic heterocycles. The normalized spacial score (nSPS) is 14.9. The molecule has 1 fully saturated rings. The van der Waals surface area contributed by atoms with Crippen LogP contribution in [0, 0.1) is 5.82 Å². The molecule has 2 aromatic carbocycles. The van der Waals surface area contributed by atoms with Gasteiger partial charge in [-0.3, -0.25) is 9.59 Å². The molecular formula is C33H46Cl2FNO3. The minimum atomic E-state index is -0.639. The van der Waals surface area contributed by atoms with Gasteiger partial charge in [-0.2, -0.15) is 0 Å². The largest absolute Gasteiger partial charge is 0.454 e. The smallest absolute Gasteiger partial charge is 0.306 e. The fourth-order valence-corrected chi connectivity index (χ4v) is 5.59. The zero-order valence-corrected chi connectivity index (χ0v) is 25.8. The fourth-order valence-electron chi connectivity index (χ4n) is 5.46. The molecule has 1 heterocycles. The van der Waals surface area contributed by atoms with Crippen LogP contribution in [0.3, 0.4) is 0 Å². The number of hydrogen-bond acceptors (Lipinski definition) is 4. The van der Waals surface area contributed by atoms with Gasteiger partial charge in [0, 0.05) is 49.4 Å². The Morgan fingerprint density at radius 2 is 1.55 bits per heavy atom. The van der Waals surface area contributed by atoms with Crippen LogP contribution in [0.5, 0.6) is 0 Å². The highest BCUT2D eigenvalue weighted by Crippen LogP contribution is 2.38. The number of benzene rings is 2. The lowest BCUT2D eigenvalue weighted by Crippen LogP contribution is -2.45. The quantitative estimate of drug-likeness (QED) is 0.111. The second-order valence-corrected chi connectivity index (χ2v) is 11.3. The van der Waals surface area contributed by atoms with E-state index in [4.69, 9.17) is 16.3 Å². The van der Waals surface area contributed by atoms with Gasteiger partial charge in [0.05, 0.1) is 0 Å². The number of ether oxygens (including phenoxy) is 1. The Bertz CT molecular complexity index is 1050. The number of piperidine rings is 1. The first-order chi connectivity index (χ1) is 18.9. The molecule has 0 spiro atoms. The Morgan fingerprint density at radius 1 is 0.900 bits per heavy atom. The van der Waals surface area contributed by atoms with Gasteiger partial charge in [-0.15, -0.1) is 12.4 Å². The summed E-state index contributed by atoms with van der Waals surface area (Å²) in [6, 6.07) is 12.3. The number of aryl methyl sites for hydroxylation is 1. The van der Waals surface area contributed by atoms with Gasteiger partial charge in [-0.1, -0.05) is 76.1 Å². The lowest BCUT2D eigenvalue weighted by atomic mass is 9.84. The summed E-state index contributed by atoms with van der Waals surface area (Å²) in [6.07, 6.45) is 11.8. The zero-order chi connectivity index (χ0) is 28.1. The van der Waals surface area contributed by atoms with E-state index in [2.05, 4.69) is 11.8 Å². The van der Waals surface area contributed by atoms with E-state index in [1.165, 1.54) is 38.2 Å². The van der Waals surface area contributed by atoms with Crippen molar-refractivity contribution < 1.29 is 18.7 Å². The first-order valence-corrected chi connectivity index (χ1v) is 15.3. The third-order valence-electron chi connectivity index (χ3n) is 7.95. The van der Waals surface area contributed by atoms with Gasteiger partial charge in [0.1, 0.15) is 11.4 Å². The molecule has 0 aliphatic carbocycles. The van der Waals surface area contributed by atoms with Gasteiger partial charge < -0.3 is 9.64 Å². The van der Waals surface area contributed by atoms with Crippen molar-refractivity contribution in [3.8, 4) is 0 Å². The molecule has 1 saturated heterocycles. The zero-order valence-electron chi connectivity index (χ0n) is 24.2. The Hall–Kier alpha value is -1.95. The van der Waals surface area contributed by atoms with E-state index in [1.54, 1.807) is 12.1 Å². The van der Waals surface area contributed by atoms with E-state index in [1.807, 2.05) is 31.2 Å². The molecule has 7 heteroatoms. The van der Waals surface area contributed by atoms with Gasteiger partial charge in [-0.05, 0) is 67.3 Å². The van der Waals surface area contributed by atoms with Crippen molar-refractivity contribution in [3.63, 3.8) is 0 Å². The number of hydrogen-bond donors (Lipinski definition) is 0. The summed E-state index contributed by atoms with van der Waals surface area (Å²) in [7, 11) is 0. The molecule has 0 N–H and O–H groups in total. The minimum absolute atomic E-state index is 0. The lowest BCUT2D eigenvalue weighted by Gasteiger charge is -2.41. The number of likely N-dealkylation sites (tertiary alicyclic amines) is 1. The highest BCUT2D eigenvalue weighted by Gasteiger charge is 2.39. The van der Waals surface area contributed by atoms with E-state index in [9.17, 15) is 14.0 Å². The summed E-state index contributed by atoms with van der Waals surface area (Å²) >= 11 is 6.14. The van der Waals surface area contributed by atoms with Crippen LogP contribution in [0.2, 0.25) is 5.02 Å². The SMILES string of the molecule is CCCCCCCCCC(=O)OC1(c2ccc(Cl)cc2)CCN(CCCC(=O)c2ccc(F)c(CC)c2)CC1.Cl. The first kappa shape index (κ1) is 34.3. The second kappa shape index (κ2) is 17.8. The third kappa shape index (κ3) is 10.5. The summed E-state index contributed by atoms with van der Waals surface area (Å²) < 4.78 is 20.0. The van der Waals surface area contributed by atoms with Crippen LogP contribution in [-0.4, -0.2) is 36.3 Å². The number of carbonyl (C=O) groups excluding carboxylic acids is 2. The minimum Gasteiger partial charge on any atom is -0.454 e. The molecule has 4 nitrogen and oxygen atoms in total. The summed E-state index contributed by atoms with van der Waals surface area (Å²) in [4.78, 5) is 27.9. The van der Waals surface area contributed by atoms with E-state index in [0.717, 1.165) is 44.5 Å². The molecule has 222 valence electrons. The molecular weight excluding hydrogens is 548 g/mol. The van der Waals surface area contributed by atoms with Gasteiger partial charge in [-0.25, -0.2) is 4.39 Å². The van der Waals surface area contributed by atoms with Gasteiger partial charge >= 0.3 is 5.97 Å². The summed E-state index contributed by atoms with van der Waals surface area (Å²) in [6.45, 7) is 6.49. The first-order valence-electron chi connectivity index (χ1n) is 14.9. The van der Waals surface area contributed by atoms with Crippen LogP contribution < -0.4 is 0 Å². The molecule has 40 heavy (non-hydrogen) atoms. The Labute approximate surface area is 251 Å². The fraction of sp³-hybridized carbons (Fsp3) is 0.576. The molecule has 0 unspecified atom stereocenters. The molecule has 0 bridgehead atoms. The number of esters is 1. The second-order valence-electron chi connectivity index (χ2n) is 10.9. The molecule has 0 atom stereocenters. The number of halogens is 3. The summed E-state index contributed by atoms with van der Waals surface area (Å²) in [5.74, 6) is -0.325. The Kier molecular flexibility index (Phi) is 15.2. The van der Waals surface area contributed by atoms with Gasteiger partial charge in [0.2, 0.25) is 0 Å². The van der Waals surface area contributed by atoms with E-state index in [-0.39, 0.29) is 30.0 Å². The number of carbonyl (C=O) groups is 2.